The van der Waals surface area contributed by atoms with E-state index in [9.17, 15) is 4.79 Å². The summed E-state index contributed by atoms with van der Waals surface area (Å²) in [6.07, 6.45) is 5.01. The Kier molecular flexibility index (Phi) is 5.08. The van der Waals surface area contributed by atoms with Crippen molar-refractivity contribution in [3.05, 3.63) is 0 Å². The quantitative estimate of drug-likeness (QED) is 0.855. The molecule has 1 heterocycles. The van der Waals surface area contributed by atoms with Crippen molar-refractivity contribution in [2.24, 2.45) is 5.92 Å². The van der Waals surface area contributed by atoms with E-state index in [1.54, 1.807) is 0 Å². The standard InChI is InChI=1S/C16H31N3O/c1-13-7-5-6-8-14(13)18(4)15(20)16(2,3)19-11-9-17-10-12-19/h13-14,17H,5-12H2,1-4H3. The van der Waals surface area contributed by atoms with Gasteiger partial charge in [-0.2, -0.15) is 0 Å². The Labute approximate surface area is 123 Å². The highest BCUT2D eigenvalue weighted by molar-refractivity contribution is 5.85. The first-order valence-electron chi connectivity index (χ1n) is 8.17. The lowest BCUT2D eigenvalue weighted by Gasteiger charge is -2.45. The Morgan fingerprint density at radius 1 is 1.20 bits per heavy atom. The molecule has 2 atom stereocenters. The molecular formula is C16H31N3O. The lowest BCUT2D eigenvalue weighted by molar-refractivity contribution is -0.145. The van der Waals surface area contributed by atoms with Gasteiger partial charge in [0.05, 0.1) is 5.54 Å². The van der Waals surface area contributed by atoms with Gasteiger partial charge in [0.25, 0.3) is 0 Å². The van der Waals surface area contributed by atoms with Gasteiger partial charge < -0.3 is 10.2 Å². The summed E-state index contributed by atoms with van der Waals surface area (Å²) < 4.78 is 0. The van der Waals surface area contributed by atoms with Crippen LogP contribution in [0.15, 0.2) is 0 Å². The number of piperazine rings is 1. The largest absolute Gasteiger partial charge is 0.341 e. The average molecular weight is 281 g/mol. The maximum absolute atomic E-state index is 13.0. The summed E-state index contributed by atoms with van der Waals surface area (Å²) in [5.74, 6) is 0.926. The van der Waals surface area contributed by atoms with Crippen LogP contribution in [-0.2, 0) is 4.79 Å². The summed E-state index contributed by atoms with van der Waals surface area (Å²) >= 11 is 0. The SMILES string of the molecule is CC1CCCCC1N(C)C(=O)C(C)(C)N1CCNCC1. The van der Waals surface area contributed by atoms with Crippen molar-refractivity contribution in [3.63, 3.8) is 0 Å². The molecule has 1 aliphatic carbocycles. The topological polar surface area (TPSA) is 35.6 Å². The molecule has 1 aliphatic heterocycles. The lowest BCUT2D eigenvalue weighted by atomic mass is 9.84. The van der Waals surface area contributed by atoms with Crippen LogP contribution in [0.5, 0.6) is 0 Å². The van der Waals surface area contributed by atoms with Crippen LogP contribution in [-0.4, -0.2) is 60.5 Å². The second-order valence-electron chi connectivity index (χ2n) is 7.04. The zero-order chi connectivity index (χ0) is 14.8. The minimum absolute atomic E-state index is 0.290. The van der Waals surface area contributed by atoms with Crippen LogP contribution in [0.3, 0.4) is 0 Å². The summed E-state index contributed by atoms with van der Waals surface area (Å²) in [4.78, 5) is 17.3. The molecular weight excluding hydrogens is 250 g/mol. The van der Waals surface area contributed by atoms with Crippen LogP contribution in [0.2, 0.25) is 0 Å². The molecule has 4 nitrogen and oxygen atoms in total. The number of rotatable bonds is 3. The van der Waals surface area contributed by atoms with E-state index in [1.807, 2.05) is 11.9 Å². The van der Waals surface area contributed by atoms with Crippen LogP contribution >= 0.6 is 0 Å². The molecule has 2 aliphatic rings. The Morgan fingerprint density at radius 2 is 1.80 bits per heavy atom. The predicted molar refractivity (Wildman–Crippen MR) is 82.7 cm³/mol. The van der Waals surface area contributed by atoms with Crippen LogP contribution in [0, 0.1) is 5.92 Å². The second kappa shape index (κ2) is 6.44. The Balaban J connectivity index is 2.04. The van der Waals surface area contributed by atoms with E-state index in [1.165, 1.54) is 25.7 Å². The molecule has 0 aromatic heterocycles. The summed E-state index contributed by atoms with van der Waals surface area (Å²) in [5.41, 5.74) is -0.381. The molecule has 0 aromatic carbocycles. The Morgan fingerprint density at radius 3 is 2.40 bits per heavy atom. The van der Waals surface area contributed by atoms with Gasteiger partial charge in [0.1, 0.15) is 0 Å². The van der Waals surface area contributed by atoms with Crippen LogP contribution in [0.4, 0.5) is 0 Å². The van der Waals surface area contributed by atoms with Gasteiger partial charge in [0.15, 0.2) is 0 Å². The van der Waals surface area contributed by atoms with Gasteiger partial charge >= 0.3 is 0 Å². The lowest BCUT2D eigenvalue weighted by Crippen LogP contribution is -2.61. The fourth-order valence-corrected chi connectivity index (χ4v) is 3.81. The molecule has 20 heavy (non-hydrogen) atoms. The second-order valence-corrected chi connectivity index (χ2v) is 7.04. The van der Waals surface area contributed by atoms with E-state index in [2.05, 4.69) is 31.0 Å². The van der Waals surface area contributed by atoms with Crippen molar-refractivity contribution >= 4 is 5.91 Å². The zero-order valence-corrected chi connectivity index (χ0v) is 13.6. The molecule has 0 bridgehead atoms. The van der Waals surface area contributed by atoms with Gasteiger partial charge in [-0.15, -0.1) is 0 Å². The van der Waals surface area contributed by atoms with E-state index in [0.717, 1.165) is 26.2 Å². The third-order valence-electron chi connectivity index (χ3n) is 5.31. The minimum atomic E-state index is -0.381. The first-order chi connectivity index (χ1) is 9.44. The number of carbonyl (C=O) groups excluding carboxylic acids is 1. The van der Waals surface area contributed by atoms with Gasteiger partial charge in [0, 0.05) is 39.3 Å². The first kappa shape index (κ1) is 15.8. The smallest absolute Gasteiger partial charge is 0.242 e. The van der Waals surface area contributed by atoms with Gasteiger partial charge in [-0.1, -0.05) is 19.8 Å². The molecule has 1 saturated heterocycles. The number of carbonyl (C=O) groups is 1. The van der Waals surface area contributed by atoms with E-state index < -0.39 is 0 Å². The van der Waals surface area contributed by atoms with Crippen LogP contribution in [0.25, 0.3) is 0 Å². The number of nitrogens with one attached hydrogen (secondary N) is 1. The highest BCUT2D eigenvalue weighted by Crippen LogP contribution is 2.29. The fourth-order valence-electron chi connectivity index (χ4n) is 3.81. The van der Waals surface area contributed by atoms with Gasteiger partial charge in [0.2, 0.25) is 5.91 Å². The summed E-state index contributed by atoms with van der Waals surface area (Å²) in [7, 11) is 2.01. The molecule has 2 fully saturated rings. The monoisotopic (exact) mass is 281 g/mol. The number of amides is 1. The molecule has 1 N–H and O–H groups in total. The zero-order valence-electron chi connectivity index (χ0n) is 13.6. The molecule has 2 rings (SSSR count). The Hall–Kier alpha value is -0.610. The van der Waals surface area contributed by atoms with Crippen molar-refractivity contribution < 1.29 is 4.79 Å². The summed E-state index contributed by atoms with van der Waals surface area (Å²) in [6, 6.07) is 0.429. The molecule has 2 unspecified atom stereocenters. The maximum atomic E-state index is 13.0. The van der Waals surface area contributed by atoms with E-state index in [0.29, 0.717) is 12.0 Å². The van der Waals surface area contributed by atoms with Gasteiger partial charge in [-0.05, 0) is 32.6 Å². The summed E-state index contributed by atoms with van der Waals surface area (Å²) in [6.45, 7) is 10.4. The molecule has 116 valence electrons. The third kappa shape index (κ3) is 3.17. The molecule has 0 spiro atoms. The molecule has 0 aromatic rings. The van der Waals surface area contributed by atoms with E-state index >= 15 is 0 Å². The van der Waals surface area contributed by atoms with Crippen molar-refractivity contribution in [3.8, 4) is 0 Å². The number of hydrogen-bond donors (Lipinski definition) is 1. The third-order valence-corrected chi connectivity index (χ3v) is 5.31. The summed E-state index contributed by atoms with van der Waals surface area (Å²) in [5, 5.41) is 3.36. The van der Waals surface area contributed by atoms with Gasteiger partial charge in [-0.3, -0.25) is 9.69 Å². The Bertz CT molecular complexity index is 337. The molecule has 1 amide bonds. The van der Waals surface area contributed by atoms with Crippen molar-refractivity contribution in [1.29, 1.82) is 0 Å². The number of hydrogen-bond acceptors (Lipinski definition) is 3. The molecule has 0 radical (unpaired) electrons. The number of nitrogens with zero attached hydrogens (tertiary/aromatic N) is 2. The molecule has 1 saturated carbocycles. The van der Waals surface area contributed by atoms with Crippen LogP contribution < -0.4 is 5.32 Å². The predicted octanol–water partition coefficient (Wildman–Crippen LogP) is 1.71. The first-order valence-corrected chi connectivity index (χ1v) is 8.17. The number of likely N-dealkylation sites (N-methyl/N-ethyl adjacent to an activating group) is 1. The van der Waals surface area contributed by atoms with E-state index in [-0.39, 0.29) is 11.4 Å². The van der Waals surface area contributed by atoms with E-state index in [4.69, 9.17) is 0 Å². The highest BCUT2D eigenvalue weighted by atomic mass is 16.2. The van der Waals surface area contributed by atoms with Crippen LogP contribution in [0.1, 0.15) is 46.5 Å². The fraction of sp³-hybridized carbons (Fsp3) is 0.938. The van der Waals surface area contributed by atoms with Gasteiger partial charge in [-0.25, -0.2) is 0 Å². The maximum Gasteiger partial charge on any atom is 0.242 e. The molecule has 4 heteroatoms. The van der Waals surface area contributed by atoms with Crippen molar-refractivity contribution in [1.82, 2.24) is 15.1 Å². The van der Waals surface area contributed by atoms with Crippen molar-refractivity contribution in [2.75, 3.05) is 33.2 Å². The van der Waals surface area contributed by atoms with Crippen molar-refractivity contribution in [2.45, 2.75) is 58.0 Å². The normalized spacial score (nSPS) is 29.2. The minimum Gasteiger partial charge on any atom is -0.341 e. The highest BCUT2D eigenvalue weighted by Gasteiger charge is 2.40. The average Bonchev–Trinajstić information content (AvgIpc) is 2.47.